The fourth-order valence-electron chi connectivity index (χ4n) is 2.01. The molecule has 0 radical (unpaired) electrons. The number of halogens is 4. The van der Waals surface area contributed by atoms with Gasteiger partial charge in [0.2, 0.25) is 5.91 Å². The molecule has 0 spiro atoms. The van der Waals surface area contributed by atoms with Crippen molar-refractivity contribution in [3.8, 4) is 0 Å². The first-order chi connectivity index (χ1) is 9.20. The van der Waals surface area contributed by atoms with E-state index in [1.54, 1.807) is 13.8 Å². The van der Waals surface area contributed by atoms with Crippen LogP contribution in [-0.4, -0.2) is 21.7 Å². The average molecular weight is 354 g/mol. The highest BCUT2D eigenvalue weighted by Crippen LogP contribution is 2.46. The minimum absolute atomic E-state index is 0.0372. The van der Waals surface area contributed by atoms with Crippen molar-refractivity contribution >= 4 is 21.8 Å². The SMILES string of the molecule is CC(C)NC(=O)Cn1nc(C(F)(F)F)c(Br)c1C1CC1. The van der Waals surface area contributed by atoms with E-state index in [1.807, 2.05) is 0 Å². The zero-order valence-electron chi connectivity index (χ0n) is 11.1. The molecule has 4 nitrogen and oxygen atoms in total. The molecule has 0 aromatic carbocycles. The summed E-state index contributed by atoms with van der Waals surface area (Å²) in [4.78, 5) is 11.7. The Balaban J connectivity index is 2.30. The molecule has 1 aliphatic rings. The number of hydrogen-bond acceptors (Lipinski definition) is 2. The lowest BCUT2D eigenvalue weighted by Gasteiger charge is -2.10. The highest BCUT2D eigenvalue weighted by Gasteiger charge is 2.41. The predicted octanol–water partition coefficient (Wildman–Crippen LogP) is 3.07. The maximum atomic E-state index is 12.9. The van der Waals surface area contributed by atoms with Gasteiger partial charge in [0.05, 0.1) is 10.2 Å². The zero-order chi connectivity index (χ0) is 15.1. The van der Waals surface area contributed by atoms with E-state index in [1.165, 1.54) is 4.68 Å². The molecule has 0 atom stereocenters. The smallest absolute Gasteiger partial charge is 0.352 e. The molecule has 1 aliphatic carbocycles. The van der Waals surface area contributed by atoms with Crippen LogP contribution in [0.1, 0.15) is 44.0 Å². The predicted molar refractivity (Wildman–Crippen MR) is 70.2 cm³/mol. The summed E-state index contributed by atoms with van der Waals surface area (Å²) in [5, 5.41) is 6.22. The Morgan fingerprint density at radius 2 is 2.10 bits per heavy atom. The van der Waals surface area contributed by atoms with Crippen LogP contribution in [0.4, 0.5) is 13.2 Å². The van der Waals surface area contributed by atoms with Gasteiger partial charge in [0.25, 0.3) is 0 Å². The van der Waals surface area contributed by atoms with E-state index in [4.69, 9.17) is 0 Å². The number of aromatic nitrogens is 2. The molecular formula is C12H15BrF3N3O. The molecule has 1 amide bonds. The fourth-order valence-corrected chi connectivity index (χ4v) is 2.84. The van der Waals surface area contributed by atoms with Crippen LogP contribution >= 0.6 is 15.9 Å². The van der Waals surface area contributed by atoms with Crippen molar-refractivity contribution in [1.29, 1.82) is 0 Å². The number of carbonyl (C=O) groups is 1. The molecule has 0 aliphatic heterocycles. The number of nitrogens with one attached hydrogen (secondary N) is 1. The van der Waals surface area contributed by atoms with Crippen LogP contribution in [0.25, 0.3) is 0 Å². The van der Waals surface area contributed by atoms with Crippen LogP contribution in [0.15, 0.2) is 4.47 Å². The van der Waals surface area contributed by atoms with E-state index in [-0.39, 0.29) is 28.9 Å². The van der Waals surface area contributed by atoms with Gasteiger partial charge in [0.15, 0.2) is 5.69 Å². The quantitative estimate of drug-likeness (QED) is 0.904. The normalized spacial score (nSPS) is 15.8. The number of hydrogen-bond donors (Lipinski definition) is 1. The van der Waals surface area contributed by atoms with E-state index in [0.717, 1.165) is 12.8 Å². The van der Waals surface area contributed by atoms with Gasteiger partial charge in [0.1, 0.15) is 6.54 Å². The fraction of sp³-hybridized carbons (Fsp3) is 0.667. The van der Waals surface area contributed by atoms with Crippen LogP contribution in [0, 0.1) is 0 Å². The summed E-state index contributed by atoms with van der Waals surface area (Å²) in [5.41, 5.74) is -0.493. The first-order valence-corrected chi connectivity index (χ1v) is 7.12. The van der Waals surface area contributed by atoms with Crippen molar-refractivity contribution < 1.29 is 18.0 Å². The van der Waals surface area contributed by atoms with Gasteiger partial charge in [-0.3, -0.25) is 9.48 Å². The van der Waals surface area contributed by atoms with Crippen molar-refractivity contribution in [2.45, 2.75) is 51.4 Å². The molecule has 0 bridgehead atoms. The Bertz CT molecular complexity index is 521. The summed E-state index contributed by atoms with van der Waals surface area (Å²) >= 11 is 2.98. The lowest BCUT2D eigenvalue weighted by molar-refractivity contribution is -0.142. The highest BCUT2D eigenvalue weighted by atomic mass is 79.9. The van der Waals surface area contributed by atoms with Gasteiger partial charge in [-0.15, -0.1) is 0 Å². The lowest BCUT2D eigenvalue weighted by Crippen LogP contribution is -2.33. The third-order valence-corrected chi connectivity index (χ3v) is 3.69. The van der Waals surface area contributed by atoms with Gasteiger partial charge < -0.3 is 5.32 Å². The molecule has 8 heteroatoms. The summed E-state index contributed by atoms with van der Waals surface area (Å²) in [5.74, 6) is -0.287. The van der Waals surface area contributed by atoms with Crippen LogP contribution < -0.4 is 5.32 Å². The molecule has 1 saturated carbocycles. The molecule has 1 fully saturated rings. The maximum Gasteiger partial charge on any atom is 0.436 e. The second-order valence-electron chi connectivity index (χ2n) is 5.20. The Morgan fingerprint density at radius 1 is 1.50 bits per heavy atom. The standard InChI is InChI=1S/C12H15BrF3N3O/c1-6(2)17-8(20)5-19-10(7-3-4-7)9(13)11(18-19)12(14,15)16/h6-7H,3-5H2,1-2H3,(H,17,20). The zero-order valence-corrected chi connectivity index (χ0v) is 12.7. The van der Waals surface area contributed by atoms with Crippen molar-refractivity contribution in [3.05, 3.63) is 15.9 Å². The number of alkyl halides is 3. The van der Waals surface area contributed by atoms with E-state index >= 15 is 0 Å². The first-order valence-electron chi connectivity index (χ1n) is 6.33. The first kappa shape index (κ1) is 15.3. The van der Waals surface area contributed by atoms with Gasteiger partial charge in [-0.05, 0) is 42.6 Å². The van der Waals surface area contributed by atoms with Crippen LogP contribution in [0.3, 0.4) is 0 Å². The summed E-state index contributed by atoms with van der Waals surface area (Å²) in [6, 6.07) is -0.0621. The molecule has 1 aromatic heterocycles. The second-order valence-corrected chi connectivity index (χ2v) is 5.99. The summed E-state index contributed by atoms with van der Waals surface area (Å²) in [7, 11) is 0. The molecule has 112 valence electrons. The van der Waals surface area contributed by atoms with E-state index in [0.29, 0.717) is 5.69 Å². The lowest BCUT2D eigenvalue weighted by atomic mass is 10.2. The Morgan fingerprint density at radius 3 is 2.55 bits per heavy atom. The third kappa shape index (κ3) is 3.34. The number of rotatable bonds is 4. The van der Waals surface area contributed by atoms with Gasteiger partial charge in [-0.25, -0.2) is 0 Å². The van der Waals surface area contributed by atoms with Crippen LogP contribution in [-0.2, 0) is 17.5 Å². The molecule has 0 unspecified atom stereocenters. The molecule has 2 rings (SSSR count). The van der Waals surface area contributed by atoms with E-state index < -0.39 is 11.9 Å². The molecular weight excluding hydrogens is 339 g/mol. The topological polar surface area (TPSA) is 46.9 Å². The molecule has 1 N–H and O–H groups in total. The van der Waals surface area contributed by atoms with Gasteiger partial charge in [0, 0.05) is 12.0 Å². The van der Waals surface area contributed by atoms with Crippen molar-refractivity contribution in [3.63, 3.8) is 0 Å². The number of carbonyl (C=O) groups excluding carboxylic acids is 1. The molecule has 20 heavy (non-hydrogen) atoms. The summed E-state index contributed by atoms with van der Waals surface area (Å²) in [6.07, 6.45) is -2.87. The number of nitrogens with zero attached hydrogens (tertiary/aromatic N) is 2. The average Bonchev–Trinajstić information content (AvgIpc) is 3.02. The second kappa shape index (κ2) is 5.38. The maximum absolute atomic E-state index is 12.9. The van der Waals surface area contributed by atoms with Gasteiger partial charge >= 0.3 is 6.18 Å². The monoisotopic (exact) mass is 353 g/mol. The third-order valence-electron chi connectivity index (χ3n) is 2.91. The van der Waals surface area contributed by atoms with Gasteiger partial charge in [-0.1, -0.05) is 0 Å². The van der Waals surface area contributed by atoms with Crippen LogP contribution in [0.5, 0.6) is 0 Å². The highest BCUT2D eigenvalue weighted by molar-refractivity contribution is 9.10. The van der Waals surface area contributed by atoms with E-state index in [2.05, 4.69) is 26.3 Å². The summed E-state index contributed by atoms with van der Waals surface area (Å²) in [6.45, 7) is 3.39. The van der Waals surface area contributed by atoms with E-state index in [9.17, 15) is 18.0 Å². The minimum Gasteiger partial charge on any atom is -0.352 e. The largest absolute Gasteiger partial charge is 0.436 e. The molecule has 0 saturated heterocycles. The van der Waals surface area contributed by atoms with Crippen molar-refractivity contribution in [2.75, 3.05) is 0 Å². The minimum atomic E-state index is -4.53. The summed E-state index contributed by atoms with van der Waals surface area (Å²) < 4.78 is 39.7. The number of amides is 1. The Labute approximate surface area is 122 Å². The van der Waals surface area contributed by atoms with Crippen LogP contribution in [0.2, 0.25) is 0 Å². The molecule has 1 aromatic rings. The molecule has 1 heterocycles. The van der Waals surface area contributed by atoms with Crippen molar-refractivity contribution in [2.24, 2.45) is 0 Å². The van der Waals surface area contributed by atoms with Gasteiger partial charge in [-0.2, -0.15) is 18.3 Å². The van der Waals surface area contributed by atoms with Crippen molar-refractivity contribution in [1.82, 2.24) is 15.1 Å². The Hall–Kier alpha value is -1.05. The Kier molecular flexibility index (Phi) is 4.13.